The van der Waals surface area contributed by atoms with Crippen molar-refractivity contribution in [1.29, 1.82) is 0 Å². The molecule has 0 amide bonds. The van der Waals surface area contributed by atoms with Gasteiger partial charge in [-0.1, -0.05) is 74.1 Å². The molecular weight excluding hydrogens is 506 g/mol. The standard InChI is InChI=1S/C25H32Cl4O4/c1-7-9-24(5,30)32-21-17(26)11-15(12-18(21)27)23(3,4)16-13-19(28)22(20(29)14-16)33-25(6,31)10-8-2/h11-14,30-31H,7-10H2,1-6H3. The number of hydrogen-bond acceptors (Lipinski definition) is 4. The van der Waals surface area contributed by atoms with Crippen LogP contribution in [0.15, 0.2) is 24.3 Å². The molecule has 33 heavy (non-hydrogen) atoms. The molecule has 2 atom stereocenters. The Balaban J connectivity index is 2.44. The molecule has 0 aromatic heterocycles. The summed E-state index contributed by atoms with van der Waals surface area (Å²) < 4.78 is 11.4. The molecule has 0 spiro atoms. The topological polar surface area (TPSA) is 58.9 Å². The average Bonchev–Trinajstić information content (AvgIpc) is 2.67. The molecule has 0 saturated carbocycles. The van der Waals surface area contributed by atoms with E-state index in [0.29, 0.717) is 12.8 Å². The SMILES string of the molecule is CCCC(C)(O)Oc1c(Cl)cc(C(C)(C)c2cc(Cl)c(OC(C)(O)CCC)c(Cl)c2)cc1Cl. The van der Waals surface area contributed by atoms with Gasteiger partial charge >= 0.3 is 0 Å². The van der Waals surface area contributed by atoms with E-state index in [-0.39, 0.29) is 31.6 Å². The van der Waals surface area contributed by atoms with Gasteiger partial charge in [0.25, 0.3) is 0 Å². The first-order chi connectivity index (χ1) is 15.1. The van der Waals surface area contributed by atoms with Gasteiger partial charge in [0.2, 0.25) is 11.6 Å². The van der Waals surface area contributed by atoms with Gasteiger partial charge < -0.3 is 19.7 Å². The Morgan fingerprint density at radius 3 is 1.15 bits per heavy atom. The van der Waals surface area contributed by atoms with Crippen molar-refractivity contribution in [1.82, 2.24) is 0 Å². The maximum atomic E-state index is 10.4. The molecule has 0 aliphatic heterocycles. The van der Waals surface area contributed by atoms with Gasteiger partial charge in [0.05, 0.1) is 20.1 Å². The predicted molar refractivity (Wildman–Crippen MR) is 137 cm³/mol. The van der Waals surface area contributed by atoms with Crippen molar-refractivity contribution < 1.29 is 19.7 Å². The van der Waals surface area contributed by atoms with Gasteiger partial charge in [0.1, 0.15) is 0 Å². The van der Waals surface area contributed by atoms with Gasteiger partial charge in [0, 0.05) is 32.1 Å². The van der Waals surface area contributed by atoms with E-state index in [4.69, 9.17) is 55.9 Å². The molecule has 0 fully saturated rings. The molecule has 4 nitrogen and oxygen atoms in total. The van der Waals surface area contributed by atoms with Crippen molar-refractivity contribution in [3.8, 4) is 11.5 Å². The van der Waals surface area contributed by atoms with Gasteiger partial charge in [-0.2, -0.15) is 0 Å². The second-order valence-corrected chi connectivity index (χ2v) is 10.8. The number of rotatable bonds is 10. The number of hydrogen-bond donors (Lipinski definition) is 2. The van der Waals surface area contributed by atoms with Crippen LogP contribution in [0.5, 0.6) is 11.5 Å². The zero-order valence-corrected chi connectivity index (χ0v) is 22.9. The van der Waals surface area contributed by atoms with Crippen LogP contribution in [-0.2, 0) is 5.41 Å². The summed E-state index contributed by atoms with van der Waals surface area (Å²) in [7, 11) is 0. The van der Waals surface area contributed by atoms with Crippen LogP contribution in [0.4, 0.5) is 0 Å². The van der Waals surface area contributed by atoms with Crippen molar-refractivity contribution >= 4 is 46.4 Å². The summed E-state index contributed by atoms with van der Waals surface area (Å²) in [6, 6.07) is 7.01. The molecule has 0 aliphatic carbocycles. The normalized spacial score (nSPS) is 15.6. The molecule has 0 bridgehead atoms. The molecule has 0 heterocycles. The van der Waals surface area contributed by atoms with E-state index < -0.39 is 17.0 Å². The zero-order chi connectivity index (χ0) is 25.2. The van der Waals surface area contributed by atoms with Gasteiger partial charge in [-0.25, -0.2) is 0 Å². The molecule has 2 N–H and O–H groups in total. The maximum absolute atomic E-state index is 10.4. The van der Waals surface area contributed by atoms with Crippen molar-refractivity contribution in [2.24, 2.45) is 0 Å². The Morgan fingerprint density at radius 1 is 0.636 bits per heavy atom. The van der Waals surface area contributed by atoms with Gasteiger partial charge in [-0.05, 0) is 48.2 Å². The summed E-state index contributed by atoms with van der Waals surface area (Å²) in [4.78, 5) is 0. The van der Waals surface area contributed by atoms with Crippen LogP contribution in [0, 0.1) is 0 Å². The van der Waals surface area contributed by atoms with Crippen LogP contribution in [0.3, 0.4) is 0 Å². The van der Waals surface area contributed by atoms with Crippen molar-refractivity contribution in [2.45, 2.75) is 84.2 Å². The smallest absolute Gasteiger partial charge is 0.205 e. The second-order valence-electron chi connectivity index (χ2n) is 9.22. The lowest BCUT2D eigenvalue weighted by atomic mass is 9.78. The molecule has 0 saturated heterocycles. The molecule has 8 heteroatoms. The van der Waals surface area contributed by atoms with E-state index in [1.54, 1.807) is 38.1 Å². The quantitative estimate of drug-likeness (QED) is 0.298. The highest BCUT2D eigenvalue weighted by molar-refractivity contribution is 6.38. The Kier molecular flexibility index (Phi) is 9.28. The molecule has 2 rings (SSSR count). The van der Waals surface area contributed by atoms with Crippen LogP contribution >= 0.6 is 46.4 Å². The van der Waals surface area contributed by atoms with Crippen molar-refractivity contribution in [3.05, 3.63) is 55.5 Å². The summed E-state index contributed by atoms with van der Waals surface area (Å²) in [6.45, 7) is 11.0. The lowest BCUT2D eigenvalue weighted by Crippen LogP contribution is -2.32. The fraction of sp³-hybridized carbons (Fsp3) is 0.520. The Morgan fingerprint density at radius 2 is 0.909 bits per heavy atom. The molecule has 184 valence electrons. The summed E-state index contributed by atoms with van der Waals surface area (Å²) >= 11 is 26.0. The number of benzene rings is 2. The monoisotopic (exact) mass is 536 g/mol. The molecule has 0 aliphatic rings. The Bertz CT molecular complexity index is 863. The maximum Gasteiger partial charge on any atom is 0.205 e. The summed E-state index contributed by atoms with van der Waals surface area (Å²) in [5.41, 5.74) is 1.02. The van der Waals surface area contributed by atoms with Crippen molar-refractivity contribution in [3.63, 3.8) is 0 Å². The minimum absolute atomic E-state index is 0.231. The van der Waals surface area contributed by atoms with Gasteiger partial charge in [-0.15, -0.1) is 0 Å². The summed E-state index contributed by atoms with van der Waals surface area (Å²) in [5.74, 6) is -2.30. The summed E-state index contributed by atoms with van der Waals surface area (Å²) in [6.07, 6.45) is 2.35. The largest absolute Gasteiger partial charge is 0.460 e. The minimum atomic E-state index is -1.38. The third-order valence-corrected chi connectivity index (χ3v) is 6.63. The highest BCUT2D eigenvalue weighted by atomic mass is 35.5. The highest BCUT2D eigenvalue weighted by Crippen LogP contribution is 2.45. The van der Waals surface area contributed by atoms with Crippen LogP contribution in [0.25, 0.3) is 0 Å². The lowest BCUT2D eigenvalue weighted by molar-refractivity contribution is -0.127. The first kappa shape index (κ1) is 28.4. The first-order valence-electron chi connectivity index (χ1n) is 11.0. The molecule has 2 aromatic rings. The molecule has 2 aromatic carbocycles. The van der Waals surface area contributed by atoms with E-state index >= 15 is 0 Å². The molecule has 0 radical (unpaired) electrons. The highest BCUT2D eigenvalue weighted by Gasteiger charge is 2.31. The number of ether oxygens (including phenoxy) is 2. The van der Waals surface area contributed by atoms with E-state index in [9.17, 15) is 10.2 Å². The van der Waals surface area contributed by atoms with E-state index in [1.807, 2.05) is 27.7 Å². The zero-order valence-electron chi connectivity index (χ0n) is 19.9. The third kappa shape index (κ3) is 7.06. The van der Waals surface area contributed by atoms with Crippen LogP contribution in [-0.4, -0.2) is 21.8 Å². The van der Waals surface area contributed by atoms with Gasteiger partial charge in [0.15, 0.2) is 11.5 Å². The Labute approximate surface area is 216 Å². The summed E-state index contributed by atoms with van der Waals surface area (Å²) in [5, 5.41) is 22.0. The van der Waals surface area contributed by atoms with Crippen molar-refractivity contribution in [2.75, 3.05) is 0 Å². The fourth-order valence-corrected chi connectivity index (χ4v) is 4.80. The van der Waals surface area contributed by atoms with Crippen LogP contribution < -0.4 is 9.47 Å². The molecular formula is C25H32Cl4O4. The van der Waals surface area contributed by atoms with Crippen LogP contribution in [0.1, 0.15) is 78.4 Å². The second kappa shape index (κ2) is 10.8. The average molecular weight is 538 g/mol. The van der Waals surface area contributed by atoms with E-state index in [2.05, 4.69) is 0 Å². The van der Waals surface area contributed by atoms with Gasteiger partial charge in [-0.3, -0.25) is 0 Å². The van der Waals surface area contributed by atoms with E-state index in [1.165, 1.54) is 0 Å². The number of aliphatic hydroxyl groups is 2. The predicted octanol–water partition coefficient (Wildman–Crippen LogP) is 8.40. The first-order valence-corrected chi connectivity index (χ1v) is 12.5. The fourth-order valence-electron chi connectivity index (χ4n) is 3.67. The third-order valence-electron chi connectivity index (χ3n) is 5.51. The number of halogens is 4. The van der Waals surface area contributed by atoms with E-state index in [0.717, 1.165) is 24.0 Å². The minimum Gasteiger partial charge on any atom is -0.460 e. The Hall–Kier alpha value is -0.880. The molecule has 2 unspecified atom stereocenters. The lowest BCUT2D eigenvalue weighted by Gasteiger charge is -2.30. The van der Waals surface area contributed by atoms with Crippen LogP contribution in [0.2, 0.25) is 20.1 Å².